The molecular formula is C20H28N4O2S. The number of thioether (sulfide) groups is 1. The minimum atomic E-state index is 0.0743. The molecule has 0 radical (unpaired) electrons. The number of ether oxygens (including phenoxy) is 1. The van der Waals surface area contributed by atoms with Crippen molar-refractivity contribution in [3.05, 3.63) is 29.8 Å². The SMILES string of the molecule is COCCn1c(SCC(=O)NC2CCCCC2)nnc1-c1cccc(C)c1. The number of benzene rings is 1. The van der Waals surface area contributed by atoms with Crippen molar-refractivity contribution in [1.82, 2.24) is 20.1 Å². The molecule has 1 aromatic heterocycles. The van der Waals surface area contributed by atoms with Crippen molar-refractivity contribution in [3.63, 3.8) is 0 Å². The highest BCUT2D eigenvalue weighted by Gasteiger charge is 2.18. The standard InChI is InChI=1S/C20H28N4O2S/c1-15-7-6-8-16(13-15)19-22-23-20(24(19)11-12-26-2)27-14-18(25)21-17-9-4-3-5-10-17/h6-8,13,17H,3-5,9-12,14H2,1-2H3,(H,21,25). The molecule has 3 rings (SSSR count). The molecule has 1 N–H and O–H groups in total. The van der Waals surface area contributed by atoms with Crippen LogP contribution < -0.4 is 5.32 Å². The first kappa shape index (κ1) is 19.9. The summed E-state index contributed by atoms with van der Waals surface area (Å²) < 4.78 is 7.28. The topological polar surface area (TPSA) is 69.0 Å². The minimum absolute atomic E-state index is 0.0743. The van der Waals surface area contributed by atoms with E-state index in [4.69, 9.17) is 4.74 Å². The second kappa shape index (κ2) is 9.90. The van der Waals surface area contributed by atoms with Gasteiger partial charge in [0, 0.05) is 18.7 Å². The second-order valence-corrected chi connectivity index (χ2v) is 7.95. The van der Waals surface area contributed by atoms with E-state index in [0.29, 0.717) is 24.9 Å². The maximum atomic E-state index is 12.3. The Balaban J connectivity index is 1.68. The van der Waals surface area contributed by atoms with E-state index in [-0.39, 0.29) is 5.91 Å². The van der Waals surface area contributed by atoms with E-state index in [1.807, 2.05) is 16.7 Å². The number of nitrogens with one attached hydrogen (secondary N) is 1. The molecule has 1 fully saturated rings. The first-order chi connectivity index (χ1) is 13.2. The Bertz CT molecular complexity index is 756. The number of methoxy groups -OCH3 is 1. The van der Waals surface area contributed by atoms with Gasteiger partial charge in [0.25, 0.3) is 0 Å². The third-order valence-corrected chi connectivity index (χ3v) is 5.78. The zero-order chi connectivity index (χ0) is 19.1. The lowest BCUT2D eigenvalue weighted by molar-refractivity contribution is -0.119. The summed E-state index contributed by atoms with van der Waals surface area (Å²) in [6, 6.07) is 8.54. The summed E-state index contributed by atoms with van der Waals surface area (Å²) in [5.74, 6) is 1.24. The number of nitrogens with zero attached hydrogens (tertiary/aromatic N) is 3. The Morgan fingerprint density at radius 2 is 2.11 bits per heavy atom. The van der Waals surface area contributed by atoms with Crippen LogP contribution in [0, 0.1) is 6.92 Å². The number of rotatable bonds is 8. The molecule has 0 aliphatic heterocycles. The van der Waals surface area contributed by atoms with Crippen LogP contribution in [0.4, 0.5) is 0 Å². The summed E-state index contributed by atoms with van der Waals surface area (Å²) in [6.07, 6.45) is 5.90. The third-order valence-electron chi connectivity index (χ3n) is 4.81. The maximum absolute atomic E-state index is 12.3. The predicted molar refractivity (Wildman–Crippen MR) is 108 cm³/mol. The highest BCUT2D eigenvalue weighted by atomic mass is 32.2. The Hall–Kier alpha value is -1.86. The first-order valence-corrected chi connectivity index (χ1v) is 10.6. The molecule has 0 spiro atoms. The van der Waals surface area contributed by atoms with Crippen molar-refractivity contribution in [1.29, 1.82) is 0 Å². The van der Waals surface area contributed by atoms with E-state index in [1.165, 1.54) is 36.6 Å². The normalized spacial score (nSPS) is 15.0. The smallest absolute Gasteiger partial charge is 0.230 e. The quantitative estimate of drug-likeness (QED) is 0.702. The van der Waals surface area contributed by atoms with Crippen LogP contribution in [0.5, 0.6) is 0 Å². The van der Waals surface area contributed by atoms with E-state index < -0.39 is 0 Å². The van der Waals surface area contributed by atoms with Gasteiger partial charge < -0.3 is 10.1 Å². The predicted octanol–water partition coefficient (Wildman–Crippen LogP) is 3.44. The van der Waals surface area contributed by atoms with Gasteiger partial charge >= 0.3 is 0 Å². The average molecular weight is 389 g/mol. The van der Waals surface area contributed by atoms with E-state index >= 15 is 0 Å². The van der Waals surface area contributed by atoms with Gasteiger partial charge in [0.2, 0.25) is 5.91 Å². The molecule has 2 aromatic rings. The van der Waals surface area contributed by atoms with Crippen molar-refractivity contribution < 1.29 is 9.53 Å². The Labute approximate surface area is 165 Å². The van der Waals surface area contributed by atoms with Gasteiger partial charge in [0.15, 0.2) is 11.0 Å². The molecule has 0 atom stereocenters. The van der Waals surface area contributed by atoms with Gasteiger partial charge in [-0.25, -0.2) is 0 Å². The fraction of sp³-hybridized carbons (Fsp3) is 0.550. The van der Waals surface area contributed by atoms with Crippen molar-refractivity contribution >= 4 is 17.7 Å². The van der Waals surface area contributed by atoms with Crippen LogP contribution in [0.15, 0.2) is 29.4 Å². The Morgan fingerprint density at radius 3 is 2.85 bits per heavy atom. The molecule has 1 amide bonds. The van der Waals surface area contributed by atoms with Gasteiger partial charge in [0.05, 0.1) is 18.9 Å². The molecule has 146 valence electrons. The summed E-state index contributed by atoms with van der Waals surface area (Å²) in [5, 5.41) is 12.6. The van der Waals surface area contributed by atoms with Crippen molar-refractivity contribution in [2.45, 2.75) is 56.8 Å². The number of hydrogen-bond donors (Lipinski definition) is 1. The van der Waals surface area contributed by atoms with Gasteiger partial charge in [-0.05, 0) is 25.8 Å². The van der Waals surface area contributed by atoms with Crippen LogP contribution in [-0.2, 0) is 16.1 Å². The van der Waals surface area contributed by atoms with Crippen molar-refractivity contribution in [3.8, 4) is 11.4 Å². The Morgan fingerprint density at radius 1 is 1.30 bits per heavy atom. The van der Waals surface area contributed by atoms with Gasteiger partial charge in [-0.3, -0.25) is 9.36 Å². The summed E-state index contributed by atoms with van der Waals surface area (Å²) in [5.41, 5.74) is 2.20. The molecule has 0 bridgehead atoms. The third kappa shape index (κ3) is 5.56. The van der Waals surface area contributed by atoms with Gasteiger partial charge in [-0.2, -0.15) is 0 Å². The molecule has 7 heteroatoms. The maximum Gasteiger partial charge on any atom is 0.230 e. The minimum Gasteiger partial charge on any atom is -0.383 e. The summed E-state index contributed by atoms with van der Waals surface area (Å²) >= 11 is 1.44. The monoisotopic (exact) mass is 388 g/mol. The van der Waals surface area contributed by atoms with Gasteiger partial charge in [-0.15, -0.1) is 10.2 Å². The van der Waals surface area contributed by atoms with Crippen LogP contribution in [-0.4, -0.2) is 46.2 Å². The molecule has 27 heavy (non-hydrogen) atoms. The fourth-order valence-electron chi connectivity index (χ4n) is 3.42. The number of carbonyl (C=O) groups is 1. The lowest BCUT2D eigenvalue weighted by Gasteiger charge is -2.22. The summed E-state index contributed by atoms with van der Waals surface area (Å²) in [6.45, 7) is 3.28. The van der Waals surface area contributed by atoms with Crippen molar-refractivity contribution in [2.24, 2.45) is 0 Å². The molecule has 1 saturated carbocycles. The van der Waals surface area contributed by atoms with Gasteiger partial charge in [-0.1, -0.05) is 54.8 Å². The molecule has 0 saturated heterocycles. The van der Waals surface area contributed by atoms with Crippen molar-refractivity contribution in [2.75, 3.05) is 19.5 Å². The number of carbonyl (C=O) groups excluding carboxylic acids is 1. The molecule has 1 aliphatic rings. The van der Waals surface area contributed by atoms with Crippen LogP contribution >= 0.6 is 11.8 Å². The first-order valence-electron chi connectivity index (χ1n) is 9.58. The zero-order valence-corrected chi connectivity index (χ0v) is 16.9. The number of aromatic nitrogens is 3. The number of aryl methyl sites for hydroxylation is 1. The molecule has 0 unspecified atom stereocenters. The fourth-order valence-corrected chi connectivity index (χ4v) is 4.20. The zero-order valence-electron chi connectivity index (χ0n) is 16.1. The highest BCUT2D eigenvalue weighted by Crippen LogP contribution is 2.25. The van der Waals surface area contributed by atoms with Crippen LogP contribution in [0.25, 0.3) is 11.4 Å². The average Bonchev–Trinajstić information content (AvgIpc) is 3.08. The Kier molecular flexibility index (Phi) is 7.29. The molecule has 6 nitrogen and oxygen atoms in total. The largest absolute Gasteiger partial charge is 0.383 e. The molecule has 1 aromatic carbocycles. The molecule has 1 aliphatic carbocycles. The lowest BCUT2D eigenvalue weighted by atomic mass is 9.95. The van der Waals surface area contributed by atoms with Gasteiger partial charge in [0.1, 0.15) is 0 Å². The second-order valence-electron chi connectivity index (χ2n) is 7.01. The molecule has 1 heterocycles. The van der Waals surface area contributed by atoms with Crippen LogP contribution in [0.2, 0.25) is 0 Å². The number of amides is 1. The van der Waals surface area contributed by atoms with E-state index in [1.54, 1.807) is 7.11 Å². The van der Waals surface area contributed by atoms with E-state index in [2.05, 4.69) is 34.6 Å². The summed E-state index contributed by atoms with van der Waals surface area (Å²) in [4.78, 5) is 12.3. The summed E-state index contributed by atoms with van der Waals surface area (Å²) in [7, 11) is 1.68. The van der Waals surface area contributed by atoms with E-state index in [0.717, 1.165) is 29.4 Å². The number of hydrogen-bond acceptors (Lipinski definition) is 5. The molecular weight excluding hydrogens is 360 g/mol. The lowest BCUT2D eigenvalue weighted by Crippen LogP contribution is -2.37. The highest BCUT2D eigenvalue weighted by molar-refractivity contribution is 7.99. The van der Waals surface area contributed by atoms with E-state index in [9.17, 15) is 4.79 Å². The van der Waals surface area contributed by atoms with Crippen LogP contribution in [0.3, 0.4) is 0 Å². The van der Waals surface area contributed by atoms with Crippen LogP contribution in [0.1, 0.15) is 37.7 Å².